The number of nitro groups is 1. The molecule has 0 bridgehead atoms. The van der Waals surface area contributed by atoms with E-state index in [4.69, 9.17) is 19.9 Å². The van der Waals surface area contributed by atoms with Crippen molar-refractivity contribution in [1.82, 2.24) is 14.9 Å². The maximum atomic E-state index is 12.4. The Balaban J connectivity index is 1.78. The summed E-state index contributed by atoms with van der Waals surface area (Å²) in [6.07, 6.45) is -0.427. The third-order valence-electron chi connectivity index (χ3n) is 5.88. The molecule has 0 saturated carbocycles. The van der Waals surface area contributed by atoms with Crippen LogP contribution in [0, 0.1) is 10.1 Å². The van der Waals surface area contributed by atoms with Crippen LogP contribution in [0.25, 0.3) is 0 Å². The van der Waals surface area contributed by atoms with Gasteiger partial charge in [0.05, 0.1) is 11.5 Å². The molecule has 0 aliphatic rings. The van der Waals surface area contributed by atoms with E-state index in [2.05, 4.69) is 9.97 Å². The molecule has 1 atom stereocenters. The molecular weight excluding hydrogens is 608 g/mol. The highest BCUT2D eigenvalue weighted by Crippen LogP contribution is 2.32. The summed E-state index contributed by atoms with van der Waals surface area (Å²) < 4.78 is 37.0. The molecule has 1 heterocycles. The summed E-state index contributed by atoms with van der Waals surface area (Å²) in [4.78, 5) is 46.4. The quantitative estimate of drug-likeness (QED) is 0.115. The van der Waals surface area contributed by atoms with E-state index in [0.717, 1.165) is 5.56 Å². The Labute approximate surface area is 262 Å². The molecule has 1 amide bonds. The zero-order valence-corrected chi connectivity index (χ0v) is 26.4. The van der Waals surface area contributed by atoms with Crippen LogP contribution in [0.15, 0.2) is 48.5 Å². The Kier molecular flexibility index (Phi) is 11.7. The molecule has 1 aromatic heterocycles. The number of nitrogens with zero attached hydrogens (tertiary/aromatic N) is 5. The minimum Gasteiger partial charge on any atom is -0.465 e. The van der Waals surface area contributed by atoms with Gasteiger partial charge in [-0.1, -0.05) is 24.3 Å². The number of carbonyl (C=O) groups excluding carboxylic acids is 2. The highest BCUT2D eigenvalue weighted by Gasteiger charge is 2.29. The van der Waals surface area contributed by atoms with Gasteiger partial charge in [0.15, 0.2) is 11.1 Å². The van der Waals surface area contributed by atoms with Gasteiger partial charge in [-0.2, -0.15) is 0 Å². The van der Waals surface area contributed by atoms with Crippen molar-refractivity contribution in [3.8, 4) is 11.5 Å². The van der Waals surface area contributed by atoms with Crippen molar-refractivity contribution < 1.29 is 37.5 Å². The highest BCUT2D eigenvalue weighted by atomic mass is 32.2. The minimum atomic E-state index is -2.34. The van der Waals surface area contributed by atoms with Crippen LogP contribution >= 0.6 is 0 Å². The van der Waals surface area contributed by atoms with Crippen molar-refractivity contribution in [1.29, 1.82) is 0 Å². The molecule has 0 radical (unpaired) electrons. The number of ether oxygens (including phenoxy) is 3. The van der Waals surface area contributed by atoms with Crippen LogP contribution in [-0.4, -0.2) is 66.4 Å². The molecule has 3 rings (SSSR count). The van der Waals surface area contributed by atoms with E-state index in [1.165, 1.54) is 9.80 Å². The normalized spacial score (nSPS) is 11.8. The monoisotopic (exact) mass is 644 g/mol. The number of benzene rings is 2. The number of rotatable bonds is 13. The first kappa shape index (κ1) is 34.7. The molecule has 2 aromatic carbocycles. The fourth-order valence-corrected chi connectivity index (χ4v) is 4.36. The number of esters is 1. The number of nitrogens with two attached hydrogens (primary N) is 1. The molecule has 0 spiro atoms. The van der Waals surface area contributed by atoms with E-state index in [0.29, 0.717) is 23.6 Å². The van der Waals surface area contributed by atoms with Crippen LogP contribution < -0.4 is 15.4 Å². The van der Waals surface area contributed by atoms with Crippen LogP contribution in [0.4, 0.5) is 22.1 Å². The smallest absolute Gasteiger partial charge is 0.410 e. The Morgan fingerprint density at radius 3 is 2.07 bits per heavy atom. The predicted octanol–water partition coefficient (Wildman–Crippen LogP) is 4.42. The SMILES string of the molecule is CCOC(=O)CN(Cc1ccc(Oc2ccc(CN(C)C(=O)OC(C)(C)C)cc2)cc1)c1nc(CS(=O)O)nc(N)c1[N+](=O)[O-]. The summed E-state index contributed by atoms with van der Waals surface area (Å²) >= 11 is -2.34. The molecule has 0 saturated heterocycles. The van der Waals surface area contributed by atoms with Crippen LogP contribution in [0.3, 0.4) is 0 Å². The van der Waals surface area contributed by atoms with E-state index in [-0.39, 0.29) is 24.8 Å². The summed E-state index contributed by atoms with van der Waals surface area (Å²) in [5.74, 6) is -1.14. The number of aromatic nitrogens is 2. The van der Waals surface area contributed by atoms with Gasteiger partial charge in [-0.3, -0.25) is 14.9 Å². The van der Waals surface area contributed by atoms with Crippen molar-refractivity contribution in [2.24, 2.45) is 0 Å². The van der Waals surface area contributed by atoms with Crippen LogP contribution in [-0.2, 0) is 44.2 Å². The van der Waals surface area contributed by atoms with E-state index in [9.17, 15) is 28.5 Å². The van der Waals surface area contributed by atoms with Crippen molar-refractivity contribution >= 4 is 40.5 Å². The standard InChI is InChI=1S/C29H36N6O9S/c1-6-42-24(36)17-34(27-25(35(38)39)26(30)31-23(32-27)18-45(40)41)16-20-9-13-22(14-10-20)43-21-11-7-19(8-12-21)15-33(5)28(37)44-29(2,3)4/h7-14H,6,15-18H2,1-5H3,(H,40,41)(H2,30,31,32). The second-order valence-electron chi connectivity index (χ2n) is 10.8. The van der Waals surface area contributed by atoms with E-state index >= 15 is 0 Å². The fraction of sp³-hybridized carbons (Fsp3) is 0.379. The maximum absolute atomic E-state index is 12.4. The lowest BCUT2D eigenvalue weighted by Gasteiger charge is -2.24. The number of nitrogen functional groups attached to an aromatic ring is 1. The summed E-state index contributed by atoms with van der Waals surface area (Å²) in [5, 5.41) is 11.9. The molecule has 0 aliphatic heterocycles. The summed E-state index contributed by atoms with van der Waals surface area (Å²) in [5.41, 5.74) is 6.09. The molecule has 45 heavy (non-hydrogen) atoms. The van der Waals surface area contributed by atoms with Crippen LogP contribution in [0.1, 0.15) is 44.6 Å². The largest absolute Gasteiger partial charge is 0.465 e. The first-order chi connectivity index (χ1) is 21.1. The van der Waals surface area contributed by atoms with Crippen molar-refractivity contribution in [2.45, 2.75) is 52.1 Å². The molecule has 242 valence electrons. The first-order valence-corrected chi connectivity index (χ1v) is 15.0. The second kappa shape index (κ2) is 15.3. The minimum absolute atomic E-state index is 0.0299. The van der Waals surface area contributed by atoms with E-state index < -0.39 is 57.5 Å². The number of hydrogen-bond acceptors (Lipinski definition) is 12. The van der Waals surface area contributed by atoms with Gasteiger partial charge < -0.3 is 34.3 Å². The number of hydrogen-bond donors (Lipinski definition) is 2. The van der Waals surface area contributed by atoms with Gasteiger partial charge in [0, 0.05) is 20.1 Å². The summed E-state index contributed by atoms with van der Waals surface area (Å²) in [7, 11) is 1.65. The maximum Gasteiger partial charge on any atom is 0.410 e. The van der Waals surface area contributed by atoms with Crippen molar-refractivity contribution in [3.63, 3.8) is 0 Å². The zero-order valence-electron chi connectivity index (χ0n) is 25.6. The van der Waals surface area contributed by atoms with E-state index in [1.54, 1.807) is 71.1 Å². The van der Waals surface area contributed by atoms with Gasteiger partial charge in [0.1, 0.15) is 35.2 Å². The van der Waals surface area contributed by atoms with Crippen LogP contribution in [0.2, 0.25) is 0 Å². The molecule has 1 unspecified atom stereocenters. The third kappa shape index (κ3) is 10.7. The molecule has 15 nitrogen and oxygen atoms in total. The third-order valence-corrected chi connectivity index (χ3v) is 6.38. The van der Waals surface area contributed by atoms with Gasteiger partial charge in [0.25, 0.3) is 0 Å². The van der Waals surface area contributed by atoms with Crippen molar-refractivity contribution in [3.05, 3.63) is 75.6 Å². The van der Waals surface area contributed by atoms with Gasteiger partial charge in [-0.25, -0.2) is 19.0 Å². The molecule has 16 heteroatoms. The van der Waals surface area contributed by atoms with Gasteiger partial charge in [-0.15, -0.1) is 0 Å². The fourth-order valence-electron chi connectivity index (χ4n) is 4.01. The van der Waals surface area contributed by atoms with Gasteiger partial charge in [-0.05, 0) is 63.1 Å². The summed E-state index contributed by atoms with van der Waals surface area (Å²) in [6, 6.07) is 14.0. The van der Waals surface area contributed by atoms with Crippen LogP contribution in [0.5, 0.6) is 11.5 Å². The molecule has 0 aliphatic carbocycles. The lowest BCUT2D eigenvalue weighted by molar-refractivity contribution is -0.383. The summed E-state index contributed by atoms with van der Waals surface area (Å²) in [6.45, 7) is 7.02. The number of anilines is 2. The average molecular weight is 645 g/mol. The Morgan fingerprint density at radius 1 is 1.02 bits per heavy atom. The molecule has 3 N–H and O–H groups in total. The van der Waals surface area contributed by atoms with Gasteiger partial charge >= 0.3 is 17.7 Å². The molecule has 0 fully saturated rings. The van der Waals surface area contributed by atoms with Gasteiger partial charge in [0.2, 0.25) is 11.6 Å². The number of carbonyl (C=O) groups is 2. The van der Waals surface area contributed by atoms with Crippen molar-refractivity contribution in [2.75, 3.05) is 30.8 Å². The predicted molar refractivity (Wildman–Crippen MR) is 166 cm³/mol. The first-order valence-electron chi connectivity index (χ1n) is 13.7. The molecular formula is C29H36N6O9S. The average Bonchev–Trinajstić information content (AvgIpc) is 2.93. The zero-order chi connectivity index (χ0) is 33.3. The Morgan fingerprint density at radius 2 is 1.58 bits per heavy atom. The Hall–Kier alpha value is -4.83. The Bertz CT molecular complexity index is 1530. The number of amides is 1. The molecule has 3 aromatic rings. The second-order valence-corrected chi connectivity index (χ2v) is 11.7. The van der Waals surface area contributed by atoms with E-state index in [1.807, 2.05) is 12.1 Å². The highest BCUT2D eigenvalue weighted by molar-refractivity contribution is 7.78. The topological polar surface area (TPSA) is 201 Å². The lowest BCUT2D eigenvalue weighted by atomic mass is 10.2. The lowest BCUT2D eigenvalue weighted by Crippen LogP contribution is -2.33.